The fourth-order valence-corrected chi connectivity index (χ4v) is 4.94. The summed E-state index contributed by atoms with van der Waals surface area (Å²) in [5.41, 5.74) is 0. The quantitative estimate of drug-likeness (QED) is 0.396. The number of hydrogen-bond acceptors (Lipinski definition) is 3. The maximum absolute atomic E-state index is 12.6. The molecule has 19 heavy (non-hydrogen) atoms. The van der Waals surface area contributed by atoms with E-state index in [1.807, 2.05) is 12.1 Å². The number of carboxylic acid groups (broad SMARTS) is 1. The van der Waals surface area contributed by atoms with Gasteiger partial charge in [0.2, 0.25) is 0 Å². The van der Waals surface area contributed by atoms with E-state index in [2.05, 4.69) is 72.5 Å². The second-order valence-corrected chi connectivity index (χ2v) is 6.79. The Kier molecular flexibility index (Phi) is 6.92. The molecule has 0 bridgehead atoms. The van der Waals surface area contributed by atoms with Crippen LogP contribution in [-0.2, 0) is 9.53 Å². The second kappa shape index (κ2) is 7.49. The molecule has 0 amide bonds. The maximum Gasteiger partial charge on any atom is 0.456 e. The lowest BCUT2D eigenvalue weighted by Crippen LogP contribution is -2.33. The molecule has 0 aliphatic carbocycles. The average Bonchev–Trinajstić information content (AvgIpc) is 2.26. The SMILES string of the molecule is O=C(O)C(F)(F)OCCOc1c(I)cc(I)cc1I. The van der Waals surface area contributed by atoms with Gasteiger partial charge >= 0.3 is 12.1 Å². The molecule has 0 aliphatic rings. The fraction of sp³-hybridized carbons (Fsp3) is 0.300. The van der Waals surface area contributed by atoms with Crippen molar-refractivity contribution in [3.05, 3.63) is 22.8 Å². The van der Waals surface area contributed by atoms with Crippen LogP contribution >= 0.6 is 67.8 Å². The molecule has 9 heteroatoms. The number of ether oxygens (including phenoxy) is 2. The molecule has 106 valence electrons. The van der Waals surface area contributed by atoms with Gasteiger partial charge in [-0.2, -0.15) is 8.78 Å². The summed E-state index contributed by atoms with van der Waals surface area (Å²) in [5, 5.41) is 8.16. The minimum absolute atomic E-state index is 0.157. The van der Waals surface area contributed by atoms with Gasteiger partial charge in [0, 0.05) is 3.57 Å². The predicted molar refractivity (Wildman–Crippen MR) is 88.6 cm³/mol. The molecule has 0 fully saturated rings. The lowest BCUT2D eigenvalue weighted by Gasteiger charge is -2.14. The van der Waals surface area contributed by atoms with E-state index in [4.69, 9.17) is 9.84 Å². The number of halogens is 5. The third-order valence-electron chi connectivity index (χ3n) is 1.83. The van der Waals surface area contributed by atoms with Crippen LogP contribution in [0.15, 0.2) is 12.1 Å². The summed E-state index contributed by atoms with van der Waals surface area (Å²) in [4.78, 5) is 10.1. The topological polar surface area (TPSA) is 55.8 Å². The summed E-state index contributed by atoms with van der Waals surface area (Å²) in [5.74, 6) is -1.74. The first-order valence-corrected chi connectivity index (χ1v) is 8.00. The molecule has 0 saturated carbocycles. The summed E-state index contributed by atoms with van der Waals surface area (Å²) in [6, 6.07) is 3.76. The van der Waals surface area contributed by atoms with Crippen molar-refractivity contribution in [3.8, 4) is 5.75 Å². The minimum atomic E-state index is -4.18. The molecule has 1 aromatic carbocycles. The molecule has 0 unspecified atom stereocenters. The number of benzene rings is 1. The Morgan fingerprint density at radius 1 is 1.21 bits per heavy atom. The van der Waals surface area contributed by atoms with Gasteiger partial charge in [0.1, 0.15) is 12.4 Å². The Morgan fingerprint density at radius 3 is 2.21 bits per heavy atom. The van der Waals surface area contributed by atoms with Crippen LogP contribution in [0.2, 0.25) is 0 Å². The smallest absolute Gasteiger partial charge is 0.456 e. The summed E-state index contributed by atoms with van der Waals surface area (Å²) in [7, 11) is 0. The van der Waals surface area contributed by atoms with Gasteiger partial charge < -0.3 is 14.6 Å². The van der Waals surface area contributed by atoms with Crippen molar-refractivity contribution in [2.75, 3.05) is 13.2 Å². The van der Waals surface area contributed by atoms with Gasteiger partial charge in [0.15, 0.2) is 0 Å². The van der Waals surface area contributed by atoms with Crippen LogP contribution in [0.1, 0.15) is 0 Å². The first-order valence-electron chi connectivity index (χ1n) is 4.76. The van der Waals surface area contributed by atoms with Crippen molar-refractivity contribution in [2.45, 2.75) is 6.11 Å². The van der Waals surface area contributed by atoms with E-state index in [-0.39, 0.29) is 6.61 Å². The number of carbonyl (C=O) groups is 1. The molecule has 0 atom stereocenters. The van der Waals surface area contributed by atoms with Gasteiger partial charge in [-0.05, 0) is 79.9 Å². The molecule has 4 nitrogen and oxygen atoms in total. The van der Waals surface area contributed by atoms with Gasteiger partial charge in [0.25, 0.3) is 0 Å². The van der Waals surface area contributed by atoms with E-state index in [0.717, 1.165) is 10.7 Å². The summed E-state index contributed by atoms with van der Waals surface area (Å²) in [6.07, 6.45) is -4.18. The second-order valence-electron chi connectivity index (χ2n) is 3.22. The number of carboxylic acids is 1. The molecule has 1 rings (SSSR count). The third-order valence-corrected chi connectivity index (χ3v) is 4.05. The summed E-state index contributed by atoms with van der Waals surface area (Å²) < 4.78 is 37.2. The number of aliphatic carboxylic acids is 1. The highest BCUT2D eigenvalue weighted by Crippen LogP contribution is 2.29. The first-order chi connectivity index (χ1) is 8.74. The van der Waals surface area contributed by atoms with Crippen LogP contribution in [0.5, 0.6) is 5.75 Å². The van der Waals surface area contributed by atoms with Gasteiger partial charge in [0.05, 0.1) is 13.7 Å². The Balaban J connectivity index is 2.53. The standard InChI is InChI=1S/C10H7F2I3O4/c11-10(12,9(16)17)19-2-1-18-8-6(14)3-5(13)4-7(8)15/h3-4H,1-2H2,(H,16,17). The van der Waals surface area contributed by atoms with E-state index in [1.54, 1.807) is 0 Å². The zero-order valence-electron chi connectivity index (χ0n) is 9.13. The molecule has 0 radical (unpaired) electrons. The molecule has 0 aromatic heterocycles. The first kappa shape index (κ1) is 17.6. The monoisotopic (exact) mass is 610 g/mol. The highest BCUT2D eigenvalue weighted by atomic mass is 127. The Hall–Kier alpha value is 0.500. The van der Waals surface area contributed by atoms with Crippen LogP contribution in [0.4, 0.5) is 8.78 Å². The van der Waals surface area contributed by atoms with Crippen LogP contribution in [0.25, 0.3) is 0 Å². The zero-order chi connectivity index (χ0) is 14.6. The van der Waals surface area contributed by atoms with Crippen LogP contribution in [0.3, 0.4) is 0 Å². The number of rotatable bonds is 6. The maximum atomic E-state index is 12.6. The Bertz CT molecular complexity index is 459. The average molecular weight is 610 g/mol. The normalized spacial score (nSPS) is 11.4. The molecule has 0 aliphatic heterocycles. The van der Waals surface area contributed by atoms with Gasteiger partial charge in [-0.25, -0.2) is 4.79 Å². The van der Waals surface area contributed by atoms with Crippen molar-refractivity contribution in [2.24, 2.45) is 0 Å². The Morgan fingerprint density at radius 2 is 1.74 bits per heavy atom. The molecular formula is C10H7F2I3O4. The van der Waals surface area contributed by atoms with Crippen molar-refractivity contribution < 1.29 is 28.2 Å². The summed E-state index contributed by atoms with van der Waals surface area (Å²) >= 11 is 6.30. The highest BCUT2D eigenvalue weighted by molar-refractivity contribution is 14.1. The number of alkyl halides is 2. The summed E-state index contributed by atoms with van der Waals surface area (Å²) in [6.45, 7) is -0.674. The molecular weight excluding hydrogens is 603 g/mol. The van der Waals surface area contributed by atoms with Gasteiger partial charge in [-0.3, -0.25) is 0 Å². The predicted octanol–water partition coefficient (Wildman–Crippen LogP) is 3.57. The Labute approximate surface area is 148 Å². The van der Waals surface area contributed by atoms with Crippen molar-refractivity contribution in [1.29, 1.82) is 0 Å². The lowest BCUT2D eigenvalue weighted by atomic mass is 10.3. The van der Waals surface area contributed by atoms with E-state index in [9.17, 15) is 13.6 Å². The van der Waals surface area contributed by atoms with E-state index >= 15 is 0 Å². The van der Waals surface area contributed by atoms with Crippen LogP contribution in [0, 0.1) is 10.7 Å². The molecule has 1 aromatic rings. The molecule has 0 heterocycles. The zero-order valence-corrected chi connectivity index (χ0v) is 15.6. The number of hydrogen-bond donors (Lipinski definition) is 1. The largest absolute Gasteiger partial charge is 0.489 e. The lowest BCUT2D eigenvalue weighted by molar-refractivity contribution is -0.247. The van der Waals surface area contributed by atoms with E-state index < -0.39 is 18.7 Å². The van der Waals surface area contributed by atoms with E-state index in [1.165, 1.54) is 0 Å². The van der Waals surface area contributed by atoms with Gasteiger partial charge in [-0.15, -0.1) is 0 Å². The van der Waals surface area contributed by atoms with Crippen LogP contribution < -0.4 is 4.74 Å². The fourth-order valence-electron chi connectivity index (χ4n) is 1.04. The third kappa shape index (κ3) is 5.41. The van der Waals surface area contributed by atoms with Crippen molar-refractivity contribution >= 4 is 73.7 Å². The molecule has 0 spiro atoms. The van der Waals surface area contributed by atoms with Crippen LogP contribution in [-0.4, -0.2) is 30.4 Å². The van der Waals surface area contributed by atoms with Gasteiger partial charge in [-0.1, -0.05) is 0 Å². The minimum Gasteiger partial charge on any atom is -0.489 e. The highest BCUT2D eigenvalue weighted by Gasteiger charge is 2.40. The van der Waals surface area contributed by atoms with Crippen molar-refractivity contribution in [3.63, 3.8) is 0 Å². The molecule has 0 saturated heterocycles. The van der Waals surface area contributed by atoms with Crippen molar-refractivity contribution in [1.82, 2.24) is 0 Å². The van der Waals surface area contributed by atoms with E-state index in [0.29, 0.717) is 5.75 Å². The molecule has 1 N–H and O–H groups in total.